The van der Waals surface area contributed by atoms with Crippen molar-refractivity contribution in [3.8, 4) is 5.75 Å². The second-order valence-corrected chi connectivity index (χ2v) is 4.88. The van der Waals surface area contributed by atoms with Gasteiger partial charge in [0, 0.05) is 0 Å². The maximum absolute atomic E-state index is 11.3. The van der Waals surface area contributed by atoms with Crippen LogP contribution in [0.2, 0.25) is 0 Å². The standard InChI is InChI=1S/C17H26O4/c1-2-3-4-5-6-10-13-20-17(18)21-15-14-19-16-11-8-7-9-12-16/h7-9,11-12H,2-6,10,13-15H2,1H3. The van der Waals surface area contributed by atoms with E-state index in [0.29, 0.717) is 13.2 Å². The Hall–Kier alpha value is -1.71. The predicted octanol–water partition coefficient (Wildman–Crippen LogP) is 4.58. The van der Waals surface area contributed by atoms with E-state index in [1.165, 1.54) is 25.7 Å². The molecule has 1 rings (SSSR count). The van der Waals surface area contributed by atoms with Crippen LogP contribution in [-0.2, 0) is 9.47 Å². The predicted molar refractivity (Wildman–Crippen MR) is 82.6 cm³/mol. The number of rotatable bonds is 11. The zero-order valence-corrected chi connectivity index (χ0v) is 12.9. The summed E-state index contributed by atoms with van der Waals surface area (Å²) in [6, 6.07) is 9.42. The highest BCUT2D eigenvalue weighted by molar-refractivity contribution is 5.59. The molecule has 0 aromatic heterocycles. The Morgan fingerprint density at radius 3 is 2.29 bits per heavy atom. The van der Waals surface area contributed by atoms with Crippen LogP contribution in [-0.4, -0.2) is 26.0 Å². The number of carbonyl (C=O) groups is 1. The summed E-state index contributed by atoms with van der Waals surface area (Å²) in [5.41, 5.74) is 0. The molecule has 0 spiro atoms. The van der Waals surface area contributed by atoms with Crippen LogP contribution >= 0.6 is 0 Å². The van der Waals surface area contributed by atoms with Gasteiger partial charge in [0.25, 0.3) is 0 Å². The maximum Gasteiger partial charge on any atom is 0.508 e. The van der Waals surface area contributed by atoms with Crippen LogP contribution in [0.25, 0.3) is 0 Å². The molecule has 0 amide bonds. The van der Waals surface area contributed by atoms with Crippen LogP contribution in [0.15, 0.2) is 30.3 Å². The fourth-order valence-electron chi connectivity index (χ4n) is 1.88. The van der Waals surface area contributed by atoms with Crippen molar-refractivity contribution in [2.45, 2.75) is 45.4 Å². The van der Waals surface area contributed by atoms with Crippen molar-refractivity contribution in [1.29, 1.82) is 0 Å². The summed E-state index contributed by atoms with van der Waals surface area (Å²) in [5, 5.41) is 0. The number of unbranched alkanes of at least 4 members (excludes halogenated alkanes) is 5. The lowest BCUT2D eigenvalue weighted by molar-refractivity contribution is 0.0451. The van der Waals surface area contributed by atoms with Crippen molar-refractivity contribution in [1.82, 2.24) is 0 Å². The van der Waals surface area contributed by atoms with E-state index in [1.807, 2.05) is 30.3 Å². The molecular weight excluding hydrogens is 268 g/mol. The molecule has 0 radical (unpaired) electrons. The Kier molecular flexibility index (Phi) is 9.96. The second-order valence-electron chi connectivity index (χ2n) is 4.88. The van der Waals surface area contributed by atoms with Crippen molar-refractivity contribution in [2.75, 3.05) is 19.8 Å². The van der Waals surface area contributed by atoms with Crippen molar-refractivity contribution in [3.63, 3.8) is 0 Å². The molecule has 0 N–H and O–H groups in total. The minimum atomic E-state index is -0.611. The van der Waals surface area contributed by atoms with Gasteiger partial charge in [-0.1, -0.05) is 57.2 Å². The molecule has 0 unspecified atom stereocenters. The molecule has 4 heteroatoms. The van der Waals surface area contributed by atoms with Gasteiger partial charge in [0.15, 0.2) is 0 Å². The molecule has 21 heavy (non-hydrogen) atoms. The van der Waals surface area contributed by atoms with Gasteiger partial charge in [0.05, 0.1) is 6.61 Å². The third-order valence-corrected chi connectivity index (χ3v) is 3.03. The first-order valence-corrected chi connectivity index (χ1v) is 7.80. The van der Waals surface area contributed by atoms with Gasteiger partial charge in [-0.2, -0.15) is 0 Å². The van der Waals surface area contributed by atoms with Crippen LogP contribution in [0.1, 0.15) is 45.4 Å². The SMILES string of the molecule is CCCCCCCCOC(=O)OCCOc1ccccc1. The van der Waals surface area contributed by atoms with Gasteiger partial charge in [-0.15, -0.1) is 0 Å². The molecule has 0 heterocycles. The van der Waals surface area contributed by atoms with Crippen molar-refractivity contribution in [3.05, 3.63) is 30.3 Å². The first kappa shape index (κ1) is 17.3. The van der Waals surface area contributed by atoms with E-state index in [9.17, 15) is 4.79 Å². The van der Waals surface area contributed by atoms with Gasteiger partial charge < -0.3 is 14.2 Å². The molecule has 0 aliphatic rings. The molecule has 118 valence electrons. The van der Waals surface area contributed by atoms with Crippen molar-refractivity contribution < 1.29 is 19.0 Å². The summed E-state index contributed by atoms with van der Waals surface area (Å²) >= 11 is 0. The van der Waals surface area contributed by atoms with E-state index >= 15 is 0 Å². The van der Waals surface area contributed by atoms with Crippen molar-refractivity contribution in [2.24, 2.45) is 0 Å². The minimum absolute atomic E-state index is 0.199. The summed E-state index contributed by atoms with van der Waals surface area (Å²) in [4.78, 5) is 11.3. The molecular formula is C17H26O4. The third kappa shape index (κ3) is 9.77. The number of hydrogen-bond acceptors (Lipinski definition) is 4. The van der Waals surface area contributed by atoms with Crippen LogP contribution in [0.3, 0.4) is 0 Å². The summed E-state index contributed by atoms with van der Waals surface area (Å²) in [6.07, 6.45) is 6.39. The molecule has 0 saturated heterocycles. The van der Waals surface area contributed by atoms with Gasteiger partial charge in [0.2, 0.25) is 0 Å². The Balaban J connectivity index is 1.90. The lowest BCUT2D eigenvalue weighted by Gasteiger charge is -2.07. The third-order valence-electron chi connectivity index (χ3n) is 3.03. The number of hydrogen-bond donors (Lipinski definition) is 0. The van der Waals surface area contributed by atoms with E-state index in [4.69, 9.17) is 14.2 Å². The average Bonchev–Trinajstić information content (AvgIpc) is 2.52. The highest BCUT2D eigenvalue weighted by atomic mass is 16.7. The Bertz CT molecular complexity index is 364. The summed E-state index contributed by atoms with van der Waals surface area (Å²) in [6.45, 7) is 3.16. The van der Waals surface area contributed by atoms with E-state index in [0.717, 1.165) is 18.6 Å². The Labute approximate surface area is 127 Å². The quantitative estimate of drug-likeness (QED) is 0.442. The largest absolute Gasteiger partial charge is 0.508 e. The highest BCUT2D eigenvalue weighted by Gasteiger charge is 2.03. The van der Waals surface area contributed by atoms with Gasteiger partial charge in [0.1, 0.15) is 19.0 Å². The number of benzene rings is 1. The lowest BCUT2D eigenvalue weighted by atomic mass is 10.1. The first-order valence-electron chi connectivity index (χ1n) is 7.80. The zero-order valence-electron chi connectivity index (χ0n) is 12.9. The molecule has 0 aliphatic carbocycles. The maximum atomic E-state index is 11.3. The normalized spacial score (nSPS) is 10.1. The van der Waals surface area contributed by atoms with Crippen LogP contribution < -0.4 is 4.74 Å². The fourth-order valence-corrected chi connectivity index (χ4v) is 1.88. The van der Waals surface area contributed by atoms with E-state index in [-0.39, 0.29) is 6.61 Å². The van der Waals surface area contributed by atoms with Crippen LogP contribution in [0, 0.1) is 0 Å². The molecule has 4 nitrogen and oxygen atoms in total. The lowest BCUT2D eigenvalue weighted by Crippen LogP contribution is -2.14. The van der Waals surface area contributed by atoms with Crippen molar-refractivity contribution >= 4 is 6.16 Å². The fraction of sp³-hybridized carbons (Fsp3) is 0.588. The highest BCUT2D eigenvalue weighted by Crippen LogP contribution is 2.08. The molecule has 0 atom stereocenters. The Morgan fingerprint density at radius 1 is 0.857 bits per heavy atom. The number of ether oxygens (including phenoxy) is 3. The average molecular weight is 294 g/mol. The zero-order chi connectivity index (χ0) is 15.2. The Morgan fingerprint density at radius 2 is 1.52 bits per heavy atom. The van der Waals surface area contributed by atoms with Gasteiger partial charge in [-0.25, -0.2) is 4.79 Å². The first-order chi connectivity index (χ1) is 10.3. The van der Waals surface area contributed by atoms with Gasteiger partial charge >= 0.3 is 6.16 Å². The summed E-state index contributed by atoms with van der Waals surface area (Å²) < 4.78 is 15.3. The van der Waals surface area contributed by atoms with Crippen LogP contribution in [0.5, 0.6) is 5.75 Å². The monoisotopic (exact) mass is 294 g/mol. The van der Waals surface area contributed by atoms with E-state index in [1.54, 1.807) is 0 Å². The smallest absolute Gasteiger partial charge is 0.490 e. The molecule has 1 aromatic carbocycles. The van der Waals surface area contributed by atoms with E-state index in [2.05, 4.69) is 6.92 Å². The molecule has 0 bridgehead atoms. The molecule has 0 aliphatic heterocycles. The topological polar surface area (TPSA) is 44.8 Å². The molecule has 0 fully saturated rings. The minimum Gasteiger partial charge on any atom is -0.490 e. The number of carbonyl (C=O) groups excluding carboxylic acids is 1. The molecule has 0 saturated carbocycles. The van der Waals surface area contributed by atoms with Crippen LogP contribution in [0.4, 0.5) is 4.79 Å². The molecule has 1 aromatic rings. The van der Waals surface area contributed by atoms with Gasteiger partial charge in [-0.3, -0.25) is 0 Å². The van der Waals surface area contributed by atoms with E-state index < -0.39 is 6.16 Å². The van der Waals surface area contributed by atoms with Gasteiger partial charge in [-0.05, 0) is 18.6 Å². The number of para-hydroxylation sites is 1. The summed E-state index contributed by atoms with van der Waals surface area (Å²) in [5.74, 6) is 0.765. The second kappa shape index (κ2) is 12.1. The summed E-state index contributed by atoms with van der Waals surface area (Å²) in [7, 11) is 0.